The summed E-state index contributed by atoms with van der Waals surface area (Å²) in [5.74, 6) is -1.04. The summed E-state index contributed by atoms with van der Waals surface area (Å²) in [5.41, 5.74) is 3.08. The standard InChI is InChI=1S/C29H30F3N5O3/c1-16-4-5-21(13-23(16)24-11-19-14-34-17(2)8-25(19)36(3)28(24)40)35-27(39)18-9-20(29(30,31)32)12-22(10-18)37-7-6-33-26(38)15-37/h4-5,9-13,17,34H,6-8,14-15H2,1-3H3,(H,33,38)(H,35,39). The average Bonchev–Trinajstić information content (AvgIpc) is 2.91. The van der Waals surface area contributed by atoms with Crippen LogP contribution in [0, 0.1) is 6.92 Å². The van der Waals surface area contributed by atoms with Crippen molar-refractivity contribution in [2.75, 3.05) is 29.9 Å². The third kappa shape index (κ3) is 5.46. The van der Waals surface area contributed by atoms with E-state index in [2.05, 4.69) is 22.9 Å². The summed E-state index contributed by atoms with van der Waals surface area (Å²) in [6.07, 6.45) is -3.95. The Hall–Kier alpha value is -4.12. The van der Waals surface area contributed by atoms with Gasteiger partial charge in [-0.05, 0) is 66.9 Å². The van der Waals surface area contributed by atoms with E-state index in [-0.39, 0.29) is 35.3 Å². The van der Waals surface area contributed by atoms with Crippen molar-refractivity contribution in [2.45, 2.75) is 39.0 Å². The molecule has 3 aromatic rings. The first kappa shape index (κ1) is 27.4. The van der Waals surface area contributed by atoms with Crippen molar-refractivity contribution >= 4 is 23.2 Å². The van der Waals surface area contributed by atoms with Crippen LogP contribution in [0.3, 0.4) is 0 Å². The molecule has 1 fully saturated rings. The van der Waals surface area contributed by atoms with Gasteiger partial charge in [0.2, 0.25) is 5.91 Å². The third-order valence-electron chi connectivity index (χ3n) is 7.47. The summed E-state index contributed by atoms with van der Waals surface area (Å²) in [5, 5.41) is 8.73. The highest BCUT2D eigenvalue weighted by atomic mass is 19.4. The molecular weight excluding hydrogens is 523 g/mol. The van der Waals surface area contributed by atoms with Crippen LogP contribution in [0.15, 0.2) is 47.3 Å². The summed E-state index contributed by atoms with van der Waals surface area (Å²) in [6, 6.07) is 10.3. The number of hydrogen-bond donors (Lipinski definition) is 3. The zero-order valence-corrected chi connectivity index (χ0v) is 22.4. The van der Waals surface area contributed by atoms with Crippen LogP contribution in [0.2, 0.25) is 0 Å². The smallest absolute Gasteiger partial charge is 0.360 e. The largest absolute Gasteiger partial charge is 0.416 e. The average molecular weight is 554 g/mol. The van der Waals surface area contributed by atoms with E-state index in [1.165, 1.54) is 11.0 Å². The fourth-order valence-electron chi connectivity index (χ4n) is 5.24. The lowest BCUT2D eigenvalue weighted by atomic mass is 9.95. The fourth-order valence-corrected chi connectivity index (χ4v) is 5.24. The van der Waals surface area contributed by atoms with E-state index in [0.717, 1.165) is 35.4 Å². The zero-order chi connectivity index (χ0) is 28.8. The summed E-state index contributed by atoms with van der Waals surface area (Å²) >= 11 is 0. The molecule has 2 amide bonds. The van der Waals surface area contributed by atoms with Crippen LogP contribution in [0.25, 0.3) is 11.1 Å². The molecule has 2 aliphatic rings. The maximum absolute atomic E-state index is 13.7. The second-order valence-electron chi connectivity index (χ2n) is 10.4. The van der Waals surface area contributed by atoms with Crippen molar-refractivity contribution in [3.8, 4) is 11.1 Å². The molecule has 0 aliphatic carbocycles. The van der Waals surface area contributed by atoms with Crippen LogP contribution in [-0.2, 0) is 31.0 Å². The number of aryl methyl sites for hydroxylation is 1. The number of anilines is 2. The van der Waals surface area contributed by atoms with Gasteiger partial charge < -0.3 is 25.4 Å². The first-order valence-corrected chi connectivity index (χ1v) is 13.0. The Morgan fingerprint density at radius 3 is 2.58 bits per heavy atom. The molecule has 0 radical (unpaired) electrons. The van der Waals surface area contributed by atoms with Gasteiger partial charge in [-0.3, -0.25) is 14.4 Å². The molecule has 1 atom stereocenters. The van der Waals surface area contributed by atoms with Gasteiger partial charge in [0.25, 0.3) is 11.5 Å². The topological polar surface area (TPSA) is 95.5 Å². The van der Waals surface area contributed by atoms with Crippen molar-refractivity contribution in [2.24, 2.45) is 7.05 Å². The van der Waals surface area contributed by atoms with Gasteiger partial charge in [0.15, 0.2) is 0 Å². The molecule has 3 heterocycles. The number of rotatable bonds is 4. The predicted octanol–water partition coefficient (Wildman–Crippen LogP) is 3.60. The lowest BCUT2D eigenvalue weighted by Gasteiger charge is -2.29. The molecule has 1 unspecified atom stereocenters. The van der Waals surface area contributed by atoms with Crippen LogP contribution in [0.1, 0.15) is 39.7 Å². The first-order valence-electron chi connectivity index (χ1n) is 13.0. The fraction of sp³-hybridized carbons (Fsp3) is 0.345. The van der Waals surface area contributed by atoms with Gasteiger partial charge in [-0.15, -0.1) is 0 Å². The number of carbonyl (C=O) groups is 2. The van der Waals surface area contributed by atoms with E-state index in [1.807, 2.05) is 13.0 Å². The number of halogens is 3. The third-order valence-corrected chi connectivity index (χ3v) is 7.47. The zero-order valence-electron chi connectivity index (χ0n) is 22.4. The minimum absolute atomic E-state index is 0.103. The molecule has 5 rings (SSSR count). The molecule has 0 spiro atoms. The number of piperazine rings is 1. The Bertz CT molecular complexity index is 1560. The second kappa shape index (κ2) is 10.5. The molecule has 0 saturated carbocycles. The van der Waals surface area contributed by atoms with E-state index in [9.17, 15) is 27.6 Å². The number of benzene rings is 2. The van der Waals surface area contributed by atoms with Gasteiger partial charge in [0, 0.05) is 67.3 Å². The number of alkyl halides is 3. The second-order valence-corrected chi connectivity index (χ2v) is 10.4. The maximum Gasteiger partial charge on any atom is 0.416 e. The highest BCUT2D eigenvalue weighted by Gasteiger charge is 2.33. The number of pyridine rings is 1. The molecule has 8 nitrogen and oxygen atoms in total. The van der Waals surface area contributed by atoms with Crippen LogP contribution in [-0.4, -0.2) is 42.1 Å². The van der Waals surface area contributed by atoms with Crippen LogP contribution < -0.4 is 26.4 Å². The van der Waals surface area contributed by atoms with Crippen LogP contribution >= 0.6 is 0 Å². The normalized spacial score (nSPS) is 17.3. The molecule has 1 saturated heterocycles. The molecule has 0 bridgehead atoms. The molecule has 210 valence electrons. The minimum Gasteiger partial charge on any atom is -0.360 e. The number of nitrogens with one attached hydrogen (secondary N) is 3. The SMILES string of the molecule is Cc1ccc(NC(=O)c2cc(N3CCNC(=O)C3)cc(C(F)(F)F)c2)cc1-c1cc2c(n(C)c1=O)CC(C)NC2. The van der Waals surface area contributed by atoms with Gasteiger partial charge in [0.05, 0.1) is 12.1 Å². The van der Waals surface area contributed by atoms with E-state index in [1.54, 1.807) is 29.8 Å². The number of fused-ring (bicyclic) bond motifs is 1. The Morgan fingerprint density at radius 1 is 1.07 bits per heavy atom. The summed E-state index contributed by atoms with van der Waals surface area (Å²) in [4.78, 5) is 39.9. The van der Waals surface area contributed by atoms with Crippen LogP contribution in [0.5, 0.6) is 0 Å². The molecular formula is C29H30F3N5O3. The first-order chi connectivity index (χ1) is 18.9. The minimum atomic E-state index is -4.68. The number of nitrogens with zero attached hydrogens (tertiary/aromatic N) is 2. The summed E-state index contributed by atoms with van der Waals surface area (Å²) < 4.78 is 42.8. The predicted molar refractivity (Wildman–Crippen MR) is 146 cm³/mol. The number of hydrogen-bond acceptors (Lipinski definition) is 5. The van der Waals surface area contributed by atoms with Gasteiger partial charge in [0.1, 0.15) is 0 Å². The van der Waals surface area contributed by atoms with Crippen molar-refractivity contribution < 1.29 is 22.8 Å². The van der Waals surface area contributed by atoms with Crippen molar-refractivity contribution in [1.82, 2.24) is 15.2 Å². The number of carbonyl (C=O) groups excluding carboxylic acids is 2. The highest BCUT2D eigenvalue weighted by molar-refractivity contribution is 6.05. The van der Waals surface area contributed by atoms with Gasteiger partial charge >= 0.3 is 6.18 Å². The Labute approximate surface area is 229 Å². The highest BCUT2D eigenvalue weighted by Crippen LogP contribution is 2.34. The van der Waals surface area contributed by atoms with E-state index in [0.29, 0.717) is 36.4 Å². The lowest BCUT2D eigenvalue weighted by molar-refractivity contribution is -0.137. The van der Waals surface area contributed by atoms with Crippen molar-refractivity contribution in [1.29, 1.82) is 0 Å². The van der Waals surface area contributed by atoms with Gasteiger partial charge in [-0.2, -0.15) is 13.2 Å². The molecule has 11 heteroatoms. The van der Waals surface area contributed by atoms with Gasteiger partial charge in [-0.1, -0.05) is 6.07 Å². The summed E-state index contributed by atoms with van der Waals surface area (Å²) in [7, 11) is 1.75. The monoisotopic (exact) mass is 553 g/mol. The number of aromatic nitrogens is 1. The number of amides is 2. The molecule has 1 aromatic heterocycles. The van der Waals surface area contributed by atoms with Crippen LogP contribution in [0.4, 0.5) is 24.5 Å². The van der Waals surface area contributed by atoms with E-state index >= 15 is 0 Å². The van der Waals surface area contributed by atoms with Gasteiger partial charge in [-0.25, -0.2) is 0 Å². The Kier molecular flexibility index (Phi) is 7.17. The lowest BCUT2D eigenvalue weighted by Crippen LogP contribution is -2.47. The summed E-state index contributed by atoms with van der Waals surface area (Å²) in [6.45, 7) is 5.05. The van der Waals surface area contributed by atoms with Crippen molar-refractivity contribution in [3.05, 3.63) is 80.8 Å². The molecule has 40 heavy (non-hydrogen) atoms. The Balaban J connectivity index is 1.48. The maximum atomic E-state index is 13.7. The van der Waals surface area contributed by atoms with E-state index < -0.39 is 17.6 Å². The Morgan fingerprint density at radius 2 is 1.85 bits per heavy atom. The van der Waals surface area contributed by atoms with Crippen molar-refractivity contribution in [3.63, 3.8) is 0 Å². The molecule has 2 aromatic carbocycles. The molecule has 3 N–H and O–H groups in total. The quantitative estimate of drug-likeness (QED) is 0.459. The molecule has 2 aliphatic heterocycles. The van der Waals surface area contributed by atoms with E-state index in [4.69, 9.17) is 0 Å².